The zero-order valence-electron chi connectivity index (χ0n) is 17.0. The van der Waals surface area contributed by atoms with Gasteiger partial charge in [-0.05, 0) is 53.2 Å². The summed E-state index contributed by atoms with van der Waals surface area (Å²) in [5, 5.41) is 2.93. The fraction of sp³-hybridized carbons (Fsp3) is 0.571. The fourth-order valence-electron chi connectivity index (χ4n) is 3.53. The molecule has 0 saturated carbocycles. The van der Waals surface area contributed by atoms with Gasteiger partial charge in [-0.2, -0.15) is 0 Å². The molecule has 2 rings (SSSR count). The largest absolute Gasteiger partial charge is 0.355 e. The summed E-state index contributed by atoms with van der Waals surface area (Å²) in [5.41, 5.74) is 1.87. The topological polar surface area (TPSA) is 69.7 Å². The second-order valence-electron chi connectivity index (χ2n) is 7.69. The van der Waals surface area contributed by atoms with Crippen LogP contribution in [0.2, 0.25) is 0 Å². The van der Waals surface area contributed by atoms with E-state index in [0.717, 1.165) is 12.1 Å². The molecule has 1 N–H and O–H groups in total. The van der Waals surface area contributed by atoms with Crippen molar-refractivity contribution in [2.24, 2.45) is 0 Å². The van der Waals surface area contributed by atoms with Crippen LogP contribution in [0, 0.1) is 6.92 Å². The molecule has 0 spiro atoms. The Hall–Kier alpha value is -2.21. The summed E-state index contributed by atoms with van der Waals surface area (Å²) in [6.45, 7) is 12.1. The molecule has 0 aromatic heterocycles. The molecular formula is C21H31N3O3. The van der Waals surface area contributed by atoms with Gasteiger partial charge >= 0.3 is 0 Å². The van der Waals surface area contributed by atoms with Gasteiger partial charge in [-0.15, -0.1) is 0 Å². The lowest BCUT2D eigenvalue weighted by atomic mass is 10.1. The van der Waals surface area contributed by atoms with E-state index in [4.69, 9.17) is 0 Å². The molecule has 148 valence electrons. The van der Waals surface area contributed by atoms with E-state index in [1.165, 1.54) is 4.90 Å². The van der Waals surface area contributed by atoms with E-state index in [-0.39, 0.29) is 24.3 Å². The van der Waals surface area contributed by atoms with Crippen LogP contribution < -0.4 is 5.32 Å². The first-order valence-electron chi connectivity index (χ1n) is 9.71. The molecule has 0 saturated heterocycles. The third-order valence-corrected chi connectivity index (χ3v) is 4.93. The van der Waals surface area contributed by atoms with Crippen molar-refractivity contribution in [2.75, 3.05) is 19.6 Å². The average Bonchev–Trinajstić information content (AvgIpc) is 2.82. The molecule has 0 aliphatic carbocycles. The number of carbonyl (C=O) groups excluding carboxylic acids is 3. The van der Waals surface area contributed by atoms with Gasteiger partial charge in [-0.25, -0.2) is 0 Å². The van der Waals surface area contributed by atoms with E-state index in [0.29, 0.717) is 42.6 Å². The van der Waals surface area contributed by atoms with Gasteiger partial charge in [0.25, 0.3) is 11.8 Å². The molecule has 1 aromatic rings. The third kappa shape index (κ3) is 5.16. The first-order valence-corrected chi connectivity index (χ1v) is 9.71. The van der Waals surface area contributed by atoms with E-state index in [1.54, 1.807) is 12.1 Å². The monoisotopic (exact) mass is 373 g/mol. The number of fused-ring (bicyclic) bond motifs is 1. The summed E-state index contributed by atoms with van der Waals surface area (Å²) in [6, 6.07) is 6.14. The molecular weight excluding hydrogens is 342 g/mol. The zero-order valence-corrected chi connectivity index (χ0v) is 17.0. The number of nitrogens with zero attached hydrogens (tertiary/aromatic N) is 2. The van der Waals surface area contributed by atoms with E-state index in [2.05, 4.69) is 37.9 Å². The lowest BCUT2D eigenvalue weighted by Crippen LogP contribution is -2.42. The van der Waals surface area contributed by atoms with Gasteiger partial charge in [-0.1, -0.05) is 11.6 Å². The number of imide groups is 1. The van der Waals surface area contributed by atoms with Crippen LogP contribution in [0.15, 0.2) is 18.2 Å². The van der Waals surface area contributed by atoms with Crippen molar-refractivity contribution in [3.8, 4) is 0 Å². The number of hydrogen-bond acceptors (Lipinski definition) is 4. The van der Waals surface area contributed by atoms with Gasteiger partial charge in [0.15, 0.2) is 0 Å². The quantitative estimate of drug-likeness (QED) is 0.676. The summed E-state index contributed by atoms with van der Waals surface area (Å²) in [5.74, 6) is -0.571. The van der Waals surface area contributed by atoms with Gasteiger partial charge in [0.1, 0.15) is 0 Å². The zero-order chi connectivity index (χ0) is 20.1. The van der Waals surface area contributed by atoms with Crippen LogP contribution in [0.4, 0.5) is 0 Å². The van der Waals surface area contributed by atoms with E-state index >= 15 is 0 Å². The Kier molecular flexibility index (Phi) is 7.13. The Morgan fingerprint density at radius 3 is 2.33 bits per heavy atom. The van der Waals surface area contributed by atoms with E-state index in [1.807, 2.05) is 13.0 Å². The molecule has 6 heteroatoms. The Bertz CT molecular complexity index is 705. The lowest BCUT2D eigenvalue weighted by molar-refractivity contribution is -0.121. The van der Waals surface area contributed by atoms with Crippen LogP contribution >= 0.6 is 0 Å². The maximum atomic E-state index is 12.4. The van der Waals surface area contributed by atoms with Crippen LogP contribution in [0.3, 0.4) is 0 Å². The normalized spacial score (nSPS) is 13.9. The molecule has 0 radical (unpaired) electrons. The predicted molar refractivity (Wildman–Crippen MR) is 106 cm³/mol. The smallest absolute Gasteiger partial charge is 0.261 e. The van der Waals surface area contributed by atoms with E-state index in [9.17, 15) is 14.4 Å². The lowest BCUT2D eigenvalue weighted by Gasteiger charge is -2.30. The van der Waals surface area contributed by atoms with Crippen LogP contribution in [0.5, 0.6) is 0 Å². The molecule has 1 aliphatic rings. The average molecular weight is 373 g/mol. The number of aryl methyl sites for hydroxylation is 1. The summed E-state index contributed by atoms with van der Waals surface area (Å²) >= 11 is 0. The predicted octanol–water partition coefficient (Wildman–Crippen LogP) is 2.61. The molecule has 0 atom stereocenters. The SMILES string of the molecule is Cc1ccc2c(c1)C(=O)N(CCCC(=O)NCCN(C(C)C)C(C)C)C2=O. The molecule has 3 amide bonds. The van der Waals surface area contributed by atoms with Crippen molar-refractivity contribution in [2.45, 2.75) is 59.5 Å². The Balaban J connectivity index is 1.76. The molecule has 6 nitrogen and oxygen atoms in total. The maximum Gasteiger partial charge on any atom is 0.261 e. The van der Waals surface area contributed by atoms with Crippen LogP contribution in [-0.2, 0) is 4.79 Å². The molecule has 0 fully saturated rings. The van der Waals surface area contributed by atoms with Crippen LogP contribution in [0.25, 0.3) is 0 Å². The van der Waals surface area contributed by atoms with E-state index < -0.39 is 0 Å². The highest BCUT2D eigenvalue weighted by atomic mass is 16.2. The fourth-order valence-corrected chi connectivity index (χ4v) is 3.53. The molecule has 1 heterocycles. The first-order chi connectivity index (χ1) is 12.7. The number of rotatable bonds is 9. The molecule has 27 heavy (non-hydrogen) atoms. The van der Waals surface area contributed by atoms with Gasteiger partial charge in [0.05, 0.1) is 11.1 Å². The molecule has 0 bridgehead atoms. The first kappa shape index (κ1) is 21.1. The second kappa shape index (κ2) is 9.13. The highest BCUT2D eigenvalue weighted by molar-refractivity contribution is 6.21. The van der Waals surface area contributed by atoms with Gasteiger partial charge < -0.3 is 5.32 Å². The van der Waals surface area contributed by atoms with Crippen molar-refractivity contribution in [3.05, 3.63) is 34.9 Å². The molecule has 1 aromatic carbocycles. The maximum absolute atomic E-state index is 12.4. The second-order valence-corrected chi connectivity index (χ2v) is 7.69. The van der Waals surface area contributed by atoms with Crippen molar-refractivity contribution in [1.29, 1.82) is 0 Å². The number of benzene rings is 1. The molecule has 1 aliphatic heterocycles. The highest BCUT2D eigenvalue weighted by Crippen LogP contribution is 2.24. The Morgan fingerprint density at radius 1 is 1.07 bits per heavy atom. The van der Waals surface area contributed by atoms with Crippen LogP contribution in [-0.4, -0.2) is 59.2 Å². The van der Waals surface area contributed by atoms with Crippen LogP contribution in [0.1, 0.15) is 66.8 Å². The van der Waals surface area contributed by atoms with Crippen molar-refractivity contribution in [1.82, 2.24) is 15.1 Å². The summed E-state index contributed by atoms with van der Waals surface area (Å²) in [4.78, 5) is 40.4. The van der Waals surface area contributed by atoms with Crippen molar-refractivity contribution >= 4 is 17.7 Å². The minimum Gasteiger partial charge on any atom is -0.355 e. The van der Waals surface area contributed by atoms with Gasteiger partial charge in [-0.3, -0.25) is 24.2 Å². The molecule has 0 unspecified atom stereocenters. The number of hydrogen-bond donors (Lipinski definition) is 1. The summed E-state index contributed by atoms with van der Waals surface area (Å²) in [7, 11) is 0. The van der Waals surface area contributed by atoms with Gasteiger partial charge in [0, 0.05) is 38.1 Å². The number of nitrogens with one attached hydrogen (secondary N) is 1. The summed E-state index contributed by atoms with van der Waals surface area (Å²) < 4.78 is 0. The van der Waals surface area contributed by atoms with Crippen molar-refractivity contribution in [3.63, 3.8) is 0 Å². The third-order valence-electron chi connectivity index (χ3n) is 4.93. The number of amides is 3. The summed E-state index contributed by atoms with van der Waals surface area (Å²) in [6.07, 6.45) is 0.768. The minimum atomic E-state index is -0.264. The Labute approximate surface area is 161 Å². The van der Waals surface area contributed by atoms with Crippen molar-refractivity contribution < 1.29 is 14.4 Å². The number of carbonyl (C=O) groups is 3. The highest BCUT2D eigenvalue weighted by Gasteiger charge is 2.34. The minimum absolute atomic E-state index is 0.0464. The Morgan fingerprint density at radius 2 is 1.70 bits per heavy atom. The van der Waals surface area contributed by atoms with Gasteiger partial charge in [0.2, 0.25) is 5.91 Å². The standard InChI is InChI=1S/C21H31N3O3/c1-14(2)23(15(3)4)12-10-22-19(25)7-6-11-24-20(26)17-9-8-16(5)13-18(17)21(24)27/h8-9,13-15H,6-7,10-12H2,1-5H3,(H,22,25).